The number of hydrogen-bond donors (Lipinski definition) is 2. The first-order chi connectivity index (χ1) is 7.56. The van der Waals surface area contributed by atoms with Gasteiger partial charge in [0, 0.05) is 18.6 Å². The zero-order chi connectivity index (χ0) is 12.4. The van der Waals surface area contributed by atoms with E-state index in [4.69, 9.17) is 4.74 Å². The van der Waals surface area contributed by atoms with E-state index in [1.807, 2.05) is 6.92 Å². The van der Waals surface area contributed by atoms with Gasteiger partial charge in [0.1, 0.15) is 6.61 Å². The molecule has 0 radical (unpaired) electrons. The van der Waals surface area contributed by atoms with Gasteiger partial charge in [-0.1, -0.05) is 27.2 Å². The zero-order valence-corrected chi connectivity index (χ0v) is 11.0. The maximum Gasteiger partial charge on any atom is 0.246 e. The standard InChI is InChI=1S/C12H26N2O2/c1-5-6-11(4)14-12(15)9-16-8-7-13-10(2)3/h10-11,13H,5-9H2,1-4H3,(H,14,15). The van der Waals surface area contributed by atoms with Crippen LogP contribution in [0.25, 0.3) is 0 Å². The van der Waals surface area contributed by atoms with Gasteiger partial charge in [-0.25, -0.2) is 0 Å². The smallest absolute Gasteiger partial charge is 0.246 e. The van der Waals surface area contributed by atoms with Crippen LogP contribution < -0.4 is 10.6 Å². The number of rotatable bonds is 9. The minimum Gasteiger partial charge on any atom is -0.370 e. The second-order valence-corrected chi connectivity index (χ2v) is 4.42. The van der Waals surface area contributed by atoms with Crippen molar-refractivity contribution in [3.05, 3.63) is 0 Å². The van der Waals surface area contributed by atoms with E-state index in [2.05, 4.69) is 31.4 Å². The van der Waals surface area contributed by atoms with Gasteiger partial charge in [-0.05, 0) is 13.3 Å². The van der Waals surface area contributed by atoms with E-state index < -0.39 is 0 Å². The van der Waals surface area contributed by atoms with Crippen LogP contribution in [0.1, 0.15) is 40.5 Å². The van der Waals surface area contributed by atoms with Crippen molar-refractivity contribution in [3.8, 4) is 0 Å². The lowest BCUT2D eigenvalue weighted by atomic mass is 10.2. The predicted octanol–water partition coefficient (Wildman–Crippen LogP) is 1.31. The molecule has 4 nitrogen and oxygen atoms in total. The first kappa shape index (κ1) is 15.4. The molecule has 0 aliphatic carbocycles. The van der Waals surface area contributed by atoms with Crippen molar-refractivity contribution in [1.82, 2.24) is 10.6 Å². The summed E-state index contributed by atoms with van der Waals surface area (Å²) in [7, 11) is 0. The minimum atomic E-state index is -0.0227. The van der Waals surface area contributed by atoms with Gasteiger partial charge in [-0.3, -0.25) is 4.79 Å². The summed E-state index contributed by atoms with van der Waals surface area (Å²) in [6, 6.07) is 0.705. The van der Waals surface area contributed by atoms with Crippen LogP contribution >= 0.6 is 0 Å². The first-order valence-corrected chi connectivity index (χ1v) is 6.16. The molecule has 0 aromatic carbocycles. The van der Waals surface area contributed by atoms with Gasteiger partial charge in [0.05, 0.1) is 6.61 Å². The van der Waals surface area contributed by atoms with Crippen molar-refractivity contribution in [3.63, 3.8) is 0 Å². The summed E-state index contributed by atoms with van der Waals surface area (Å²) in [5.74, 6) is -0.0227. The van der Waals surface area contributed by atoms with Gasteiger partial charge in [0.25, 0.3) is 0 Å². The molecule has 2 N–H and O–H groups in total. The van der Waals surface area contributed by atoms with Crippen molar-refractivity contribution in [2.75, 3.05) is 19.8 Å². The highest BCUT2D eigenvalue weighted by Gasteiger charge is 2.05. The van der Waals surface area contributed by atoms with E-state index in [0.29, 0.717) is 12.6 Å². The Morgan fingerprint density at radius 1 is 1.31 bits per heavy atom. The molecule has 0 rings (SSSR count). The fraction of sp³-hybridized carbons (Fsp3) is 0.917. The van der Waals surface area contributed by atoms with E-state index in [1.165, 1.54) is 0 Å². The third-order valence-electron chi connectivity index (χ3n) is 2.16. The largest absolute Gasteiger partial charge is 0.370 e. The number of amides is 1. The fourth-order valence-corrected chi connectivity index (χ4v) is 1.41. The maximum atomic E-state index is 11.4. The van der Waals surface area contributed by atoms with E-state index >= 15 is 0 Å². The minimum absolute atomic E-state index is 0.0227. The molecule has 0 bridgehead atoms. The highest BCUT2D eigenvalue weighted by molar-refractivity contribution is 5.77. The summed E-state index contributed by atoms with van der Waals surface area (Å²) >= 11 is 0. The summed E-state index contributed by atoms with van der Waals surface area (Å²) < 4.78 is 5.25. The van der Waals surface area contributed by atoms with Crippen molar-refractivity contribution in [2.24, 2.45) is 0 Å². The van der Waals surface area contributed by atoms with E-state index in [0.717, 1.165) is 19.4 Å². The molecule has 1 unspecified atom stereocenters. The monoisotopic (exact) mass is 230 g/mol. The van der Waals surface area contributed by atoms with E-state index in [-0.39, 0.29) is 18.6 Å². The van der Waals surface area contributed by atoms with Gasteiger partial charge < -0.3 is 15.4 Å². The molecule has 0 aliphatic rings. The van der Waals surface area contributed by atoms with Crippen LogP contribution in [0.3, 0.4) is 0 Å². The molecule has 4 heteroatoms. The zero-order valence-electron chi connectivity index (χ0n) is 11.0. The number of nitrogens with one attached hydrogen (secondary N) is 2. The average molecular weight is 230 g/mol. The number of carbonyl (C=O) groups is 1. The topological polar surface area (TPSA) is 50.4 Å². The van der Waals surface area contributed by atoms with Gasteiger partial charge in [-0.15, -0.1) is 0 Å². The molecule has 0 saturated heterocycles. The van der Waals surface area contributed by atoms with Crippen LogP contribution in [0.4, 0.5) is 0 Å². The Hall–Kier alpha value is -0.610. The SMILES string of the molecule is CCCC(C)NC(=O)COCCNC(C)C. The Labute approximate surface area is 99.1 Å². The van der Waals surface area contributed by atoms with Gasteiger partial charge in [0.2, 0.25) is 5.91 Å². The lowest BCUT2D eigenvalue weighted by molar-refractivity contribution is -0.126. The van der Waals surface area contributed by atoms with Gasteiger partial charge in [0.15, 0.2) is 0 Å². The van der Waals surface area contributed by atoms with Gasteiger partial charge >= 0.3 is 0 Å². The Kier molecular flexibility index (Phi) is 9.24. The second-order valence-electron chi connectivity index (χ2n) is 4.42. The van der Waals surface area contributed by atoms with Crippen LogP contribution in [-0.4, -0.2) is 37.7 Å². The molecule has 0 aromatic rings. The predicted molar refractivity (Wildman–Crippen MR) is 66.5 cm³/mol. The number of hydrogen-bond acceptors (Lipinski definition) is 3. The molecule has 0 saturated carbocycles. The van der Waals surface area contributed by atoms with Crippen LogP contribution in [0.2, 0.25) is 0 Å². The Bertz CT molecular complexity index is 184. The molecule has 1 atom stereocenters. The molecule has 96 valence electrons. The second kappa shape index (κ2) is 9.60. The van der Waals surface area contributed by atoms with Crippen molar-refractivity contribution in [1.29, 1.82) is 0 Å². The average Bonchev–Trinajstić information content (AvgIpc) is 2.16. The molecule has 16 heavy (non-hydrogen) atoms. The summed E-state index contributed by atoms with van der Waals surface area (Å²) in [6.07, 6.45) is 2.10. The number of ether oxygens (including phenoxy) is 1. The Balaban J connectivity index is 3.36. The van der Waals surface area contributed by atoms with Crippen LogP contribution in [0.5, 0.6) is 0 Å². The van der Waals surface area contributed by atoms with Crippen LogP contribution in [0, 0.1) is 0 Å². The highest BCUT2D eigenvalue weighted by Crippen LogP contribution is 1.94. The molecule has 0 aromatic heterocycles. The maximum absolute atomic E-state index is 11.4. The molecule has 0 aliphatic heterocycles. The van der Waals surface area contributed by atoms with E-state index in [1.54, 1.807) is 0 Å². The van der Waals surface area contributed by atoms with Crippen LogP contribution in [0.15, 0.2) is 0 Å². The molecule has 1 amide bonds. The van der Waals surface area contributed by atoms with Crippen molar-refractivity contribution in [2.45, 2.75) is 52.6 Å². The summed E-state index contributed by atoms with van der Waals surface area (Å²) in [5, 5.41) is 6.12. The quantitative estimate of drug-likeness (QED) is 0.587. The Morgan fingerprint density at radius 2 is 2.00 bits per heavy atom. The highest BCUT2D eigenvalue weighted by atomic mass is 16.5. The molecule has 0 heterocycles. The van der Waals surface area contributed by atoms with E-state index in [9.17, 15) is 4.79 Å². The summed E-state index contributed by atoms with van der Waals surface area (Å²) in [5.41, 5.74) is 0. The van der Waals surface area contributed by atoms with Gasteiger partial charge in [-0.2, -0.15) is 0 Å². The van der Waals surface area contributed by atoms with Crippen molar-refractivity contribution < 1.29 is 9.53 Å². The third kappa shape index (κ3) is 9.93. The Morgan fingerprint density at radius 3 is 2.56 bits per heavy atom. The first-order valence-electron chi connectivity index (χ1n) is 6.16. The van der Waals surface area contributed by atoms with Crippen molar-refractivity contribution >= 4 is 5.91 Å². The van der Waals surface area contributed by atoms with Crippen LogP contribution in [-0.2, 0) is 9.53 Å². The third-order valence-corrected chi connectivity index (χ3v) is 2.16. The summed E-state index contributed by atoms with van der Waals surface area (Å²) in [6.45, 7) is 9.81. The summed E-state index contributed by atoms with van der Waals surface area (Å²) in [4.78, 5) is 11.4. The molecular formula is C12H26N2O2. The fourth-order valence-electron chi connectivity index (χ4n) is 1.41. The molecule has 0 fully saturated rings. The normalized spacial score (nSPS) is 12.8. The lowest BCUT2D eigenvalue weighted by Crippen LogP contribution is -2.36. The molecular weight excluding hydrogens is 204 g/mol. The lowest BCUT2D eigenvalue weighted by Gasteiger charge is -2.13. The number of carbonyl (C=O) groups excluding carboxylic acids is 1. The molecule has 0 spiro atoms.